The molecule has 90 valence electrons. The monoisotopic (exact) mass is 246 g/mol. The topological polar surface area (TPSA) is 52.6 Å². The number of alkyl halides is 1. The van der Waals surface area contributed by atoms with Crippen LogP contribution in [-0.2, 0) is 19.1 Å². The van der Waals surface area contributed by atoms with Crippen molar-refractivity contribution in [2.45, 2.75) is 31.8 Å². The van der Waals surface area contributed by atoms with Crippen LogP contribution in [0.1, 0.15) is 25.7 Å². The number of esters is 2. The van der Waals surface area contributed by atoms with E-state index in [9.17, 15) is 9.59 Å². The second-order valence-corrected chi connectivity index (χ2v) is 3.92. The van der Waals surface area contributed by atoms with Crippen molar-refractivity contribution < 1.29 is 19.1 Å². The SMILES string of the molecule is COC(=O)/C(=C/[C@H]1CCC(=O)O1)CCCCl. The van der Waals surface area contributed by atoms with Gasteiger partial charge in [0.15, 0.2) is 0 Å². The van der Waals surface area contributed by atoms with Gasteiger partial charge >= 0.3 is 11.9 Å². The van der Waals surface area contributed by atoms with E-state index in [0.717, 1.165) is 0 Å². The minimum atomic E-state index is -0.381. The highest BCUT2D eigenvalue weighted by molar-refractivity contribution is 6.17. The van der Waals surface area contributed by atoms with Crippen molar-refractivity contribution in [3.05, 3.63) is 11.6 Å². The average Bonchev–Trinajstić information content (AvgIpc) is 2.69. The summed E-state index contributed by atoms with van der Waals surface area (Å²) in [6, 6.07) is 0. The maximum Gasteiger partial charge on any atom is 0.333 e. The average molecular weight is 247 g/mol. The molecule has 4 nitrogen and oxygen atoms in total. The summed E-state index contributed by atoms with van der Waals surface area (Å²) in [6.45, 7) is 0. The van der Waals surface area contributed by atoms with E-state index in [2.05, 4.69) is 4.74 Å². The van der Waals surface area contributed by atoms with Gasteiger partial charge in [0.05, 0.1) is 7.11 Å². The molecule has 1 fully saturated rings. The van der Waals surface area contributed by atoms with Crippen molar-refractivity contribution in [3.8, 4) is 0 Å². The maximum absolute atomic E-state index is 11.4. The van der Waals surface area contributed by atoms with Crippen molar-refractivity contribution in [2.75, 3.05) is 13.0 Å². The Balaban J connectivity index is 2.63. The molecule has 1 aliphatic heterocycles. The fourth-order valence-corrected chi connectivity index (χ4v) is 1.66. The van der Waals surface area contributed by atoms with Crippen molar-refractivity contribution in [2.24, 2.45) is 0 Å². The molecule has 0 aromatic rings. The molecule has 0 amide bonds. The highest BCUT2D eigenvalue weighted by Gasteiger charge is 2.23. The highest BCUT2D eigenvalue weighted by atomic mass is 35.5. The first-order valence-electron chi connectivity index (χ1n) is 5.22. The van der Waals surface area contributed by atoms with E-state index in [1.54, 1.807) is 6.08 Å². The molecule has 0 aromatic carbocycles. The van der Waals surface area contributed by atoms with Gasteiger partial charge in [0.2, 0.25) is 0 Å². The van der Waals surface area contributed by atoms with E-state index in [4.69, 9.17) is 16.3 Å². The van der Waals surface area contributed by atoms with Gasteiger partial charge in [-0.2, -0.15) is 0 Å². The number of rotatable bonds is 5. The summed E-state index contributed by atoms with van der Waals surface area (Å²) in [7, 11) is 1.33. The third-order valence-electron chi connectivity index (χ3n) is 2.33. The van der Waals surface area contributed by atoms with E-state index in [0.29, 0.717) is 37.1 Å². The molecular weight excluding hydrogens is 232 g/mol. The van der Waals surface area contributed by atoms with Crippen molar-refractivity contribution in [3.63, 3.8) is 0 Å². The maximum atomic E-state index is 11.4. The Bertz CT molecular complexity index is 298. The molecular formula is C11H15ClO4. The molecule has 1 aliphatic rings. The summed E-state index contributed by atoms with van der Waals surface area (Å²) in [5, 5.41) is 0. The third-order valence-corrected chi connectivity index (χ3v) is 2.60. The number of hydrogen-bond acceptors (Lipinski definition) is 4. The van der Waals surface area contributed by atoms with Crippen molar-refractivity contribution in [1.29, 1.82) is 0 Å². The molecule has 0 spiro atoms. The minimum Gasteiger partial charge on any atom is -0.466 e. The molecule has 0 aliphatic carbocycles. The van der Waals surface area contributed by atoms with E-state index in [1.165, 1.54) is 7.11 Å². The Labute approximate surface area is 99.5 Å². The van der Waals surface area contributed by atoms with E-state index in [-0.39, 0.29) is 18.0 Å². The first-order chi connectivity index (χ1) is 7.67. The predicted octanol–water partition coefficient (Wildman–Crippen LogP) is 1.81. The van der Waals surface area contributed by atoms with Crippen LogP contribution in [-0.4, -0.2) is 31.0 Å². The summed E-state index contributed by atoms with van der Waals surface area (Å²) in [4.78, 5) is 22.3. The van der Waals surface area contributed by atoms with Crippen LogP contribution in [0.5, 0.6) is 0 Å². The fraction of sp³-hybridized carbons (Fsp3) is 0.636. The molecule has 0 aromatic heterocycles. The van der Waals surface area contributed by atoms with E-state index < -0.39 is 0 Å². The van der Waals surface area contributed by atoms with Crippen LogP contribution in [0.15, 0.2) is 11.6 Å². The van der Waals surface area contributed by atoms with Gasteiger partial charge in [-0.1, -0.05) is 0 Å². The van der Waals surface area contributed by atoms with Gasteiger partial charge in [0.1, 0.15) is 6.10 Å². The number of hydrogen-bond donors (Lipinski definition) is 0. The molecule has 5 heteroatoms. The molecule has 0 unspecified atom stereocenters. The molecule has 1 heterocycles. The number of ether oxygens (including phenoxy) is 2. The second-order valence-electron chi connectivity index (χ2n) is 3.54. The first-order valence-corrected chi connectivity index (χ1v) is 5.75. The normalized spacial score (nSPS) is 20.8. The lowest BCUT2D eigenvalue weighted by molar-refractivity contribution is -0.140. The lowest BCUT2D eigenvalue weighted by Crippen LogP contribution is -2.10. The lowest BCUT2D eigenvalue weighted by Gasteiger charge is -2.08. The zero-order valence-electron chi connectivity index (χ0n) is 9.20. The summed E-state index contributed by atoms with van der Waals surface area (Å²) in [5.74, 6) is -0.116. The van der Waals surface area contributed by atoms with Gasteiger partial charge in [-0.25, -0.2) is 4.79 Å². The minimum absolute atomic E-state index is 0.220. The van der Waals surface area contributed by atoms with Crippen molar-refractivity contribution >= 4 is 23.5 Å². The fourth-order valence-electron chi connectivity index (χ4n) is 1.53. The Morgan fingerprint density at radius 3 is 2.94 bits per heavy atom. The van der Waals surface area contributed by atoms with E-state index >= 15 is 0 Å². The first kappa shape index (κ1) is 13.0. The Kier molecular flexibility index (Phi) is 5.32. The van der Waals surface area contributed by atoms with Crippen molar-refractivity contribution in [1.82, 2.24) is 0 Å². The molecule has 0 N–H and O–H groups in total. The molecule has 16 heavy (non-hydrogen) atoms. The van der Waals surface area contributed by atoms with Crippen LogP contribution in [0.4, 0.5) is 0 Å². The molecule has 0 saturated carbocycles. The van der Waals surface area contributed by atoms with Gasteiger partial charge in [0, 0.05) is 17.9 Å². The lowest BCUT2D eigenvalue weighted by atomic mass is 10.1. The Morgan fingerprint density at radius 2 is 2.44 bits per heavy atom. The standard InChI is InChI=1S/C11H15ClO4/c1-15-11(14)8(3-2-6-12)7-9-4-5-10(13)16-9/h7,9H,2-6H2,1H3/b8-7+/t9-/m1/s1. The van der Waals surface area contributed by atoms with Crippen LogP contribution in [0.2, 0.25) is 0 Å². The predicted molar refractivity (Wildman–Crippen MR) is 59.2 cm³/mol. The Morgan fingerprint density at radius 1 is 1.69 bits per heavy atom. The van der Waals surface area contributed by atoms with E-state index in [1.807, 2.05) is 0 Å². The van der Waals surface area contributed by atoms with Gasteiger partial charge < -0.3 is 9.47 Å². The van der Waals surface area contributed by atoms with Crippen LogP contribution in [0.3, 0.4) is 0 Å². The van der Waals surface area contributed by atoms with Gasteiger partial charge in [-0.15, -0.1) is 11.6 Å². The quantitative estimate of drug-likeness (QED) is 0.422. The largest absolute Gasteiger partial charge is 0.466 e. The number of cyclic esters (lactones) is 1. The number of carbonyl (C=O) groups is 2. The molecule has 0 bridgehead atoms. The summed E-state index contributed by atoms with van der Waals surface area (Å²) in [6.07, 6.45) is 3.65. The second kappa shape index (κ2) is 6.53. The third kappa shape index (κ3) is 3.85. The smallest absolute Gasteiger partial charge is 0.333 e. The zero-order valence-corrected chi connectivity index (χ0v) is 9.96. The van der Waals surface area contributed by atoms with Gasteiger partial charge in [-0.3, -0.25) is 4.79 Å². The number of methoxy groups -OCH3 is 1. The van der Waals surface area contributed by atoms with Crippen LogP contribution < -0.4 is 0 Å². The summed E-state index contributed by atoms with van der Waals surface area (Å²) < 4.78 is 9.67. The van der Waals surface area contributed by atoms with Crippen LogP contribution >= 0.6 is 11.6 Å². The van der Waals surface area contributed by atoms with Crippen LogP contribution in [0, 0.1) is 0 Å². The summed E-state index contributed by atoms with van der Waals surface area (Å²) in [5.41, 5.74) is 0.530. The summed E-state index contributed by atoms with van der Waals surface area (Å²) >= 11 is 5.57. The van der Waals surface area contributed by atoms with Gasteiger partial charge in [-0.05, 0) is 25.3 Å². The Hall–Kier alpha value is -1.03. The number of halogens is 1. The van der Waals surface area contributed by atoms with Gasteiger partial charge in [0.25, 0.3) is 0 Å². The van der Waals surface area contributed by atoms with Crippen LogP contribution in [0.25, 0.3) is 0 Å². The molecule has 1 rings (SSSR count). The molecule has 1 saturated heterocycles. The molecule has 0 radical (unpaired) electrons. The highest BCUT2D eigenvalue weighted by Crippen LogP contribution is 2.19. The zero-order chi connectivity index (χ0) is 12.0. The molecule has 1 atom stereocenters. The number of carbonyl (C=O) groups excluding carboxylic acids is 2.